The fraction of sp³-hybridized carbons (Fsp3) is 0.235. The lowest BCUT2D eigenvalue weighted by molar-refractivity contribution is -0.385. The number of amides is 1. The Morgan fingerprint density at radius 1 is 1.22 bits per heavy atom. The summed E-state index contributed by atoms with van der Waals surface area (Å²) in [5.41, 5.74) is 0.515. The van der Waals surface area contributed by atoms with E-state index in [4.69, 9.17) is 9.88 Å². The number of carbonyl (C=O) groups excluding carboxylic acids is 1. The second kappa shape index (κ2) is 7.72. The molecule has 2 aromatic rings. The van der Waals surface area contributed by atoms with Crippen molar-refractivity contribution in [3.8, 4) is 5.75 Å². The van der Waals surface area contributed by atoms with Crippen molar-refractivity contribution in [3.63, 3.8) is 0 Å². The molecule has 0 saturated heterocycles. The van der Waals surface area contributed by atoms with Crippen LogP contribution in [0, 0.1) is 10.1 Å². The molecule has 0 aliphatic rings. The molecule has 0 bridgehead atoms. The number of nitrogens with two attached hydrogens (primary N) is 1. The standard InChI is InChI=1S/C17H19N3O6S/c1-11(12-4-7-14(8-5-12)27(18,24)25)19(2)17(21)13-6-9-16(26-3)15(10-13)20(22)23/h4-11H,1-3H3,(H2,18,24,25). The number of rotatable bonds is 6. The van der Waals surface area contributed by atoms with E-state index in [2.05, 4.69) is 0 Å². The molecule has 1 amide bonds. The molecule has 1 unspecified atom stereocenters. The summed E-state index contributed by atoms with van der Waals surface area (Å²) >= 11 is 0. The zero-order valence-electron chi connectivity index (χ0n) is 14.9. The van der Waals surface area contributed by atoms with Gasteiger partial charge in [-0.15, -0.1) is 0 Å². The summed E-state index contributed by atoms with van der Waals surface area (Å²) in [4.78, 5) is 24.6. The summed E-state index contributed by atoms with van der Waals surface area (Å²) in [6.07, 6.45) is 0. The molecular formula is C17H19N3O6S. The van der Waals surface area contributed by atoms with Gasteiger partial charge in [-0.1, -0.05) is 12.1 Å². The van der Waals surface area contributed by atoms with Crippen molar-refractivity contribution >= 4 is 21.6 Å². The first-order chi connectivity index (χ1) is 12.6. The zero-order valence-corrected chi connectivity index (χ0v) is 15.8. The topological polar surface area (TPSA) is 133 Å². The van der Waals surface area contributed by atoms with Gasteiger partial charge in [0, 0.05) is 18.7 Å². The largest absolute Gasteiger partial charge is 0.490 e. The normalized spacial score (nSPS) is 12.3. The minimum atomic E-state index is -3.80. The highest BCUT2D eigenvalue weighted by molar-refractivity contribution is 7.89. The first kappa shape index (κ1) is 20.3. The molecule has 0 saturated carbocycles. The van der Waals surface area contributed by atoms with E-state index in [0.717, 1.165) is 6.07 Å². The molecule has 1 atom stereocenters. The number of nitrogens with zero attached hydrogens (tertiary/aromatic N) is 2. The van der Waals surface area contributed by atoms with Crippen molar-refractivity contribution in [2.45, 2.75) is 17.9 Å². The number of methoxy groups -OCH3 is 1. The summed E-state index contributed by atoms with van der Waals surface area (Å²) in [5.74, 6) is -0.366. The summed E-state index contributed by atoms with van der Waals surface area (Å²) in [6.45, 7) is 1.75. The molecule has 2 aromatic carbocycles. The highest BCUT2D eigenvalue weighted by atomic mass is 32.2. The van der Waals surface area contributed by atoms with Crippen molar-refractivity contribution in [1.29, 1.82) is 0 Å². The predicted molar refractivity (Wildman–Crippen MR) is 98.0 cm³/mol. The lowest BCUT2D eigenvalue weighted by atomic mass is 10.1. The molecule has 0 fully saturated rings. The van der Waals surface area contributed by atoms with Crippen molar-refractivity contribution in [2.75, 3.05) is 14.2 Å². The van der Waals surface area contributed by atoms with Gasteiger partial charge in [-0.2, -0.15) is 0 Å². The molecule has 144 valence electrons. The predicted octanol–water partition coefficient (Wildman–Crippen LogP) is 2.08. The van der Waals surface area contributed by atoms with Crippen LogP contribution in [0.15, 0.2) is 47.4 Å². The van der Waals surface area contributed by atoms with E-state index < -0.39 is 26.9 Å². The summed E-state index contributed by atoms with van der Waals surface area (Å²) in [7, 11) is -0.940. The number of nitro groups is 1. The highest BCUT2D eigenvalue weighted by Crippen LogP contribution is 2.29. The van der Waals surface area contributed by atoms with Crippen LogP contribution >= 0.6 is 0 Å². The van der Waals surface area contributed by atoms with Crippen LogP contribution in [0.25, 0.3) is 0 Å². The van der Waals surface area contributed by atoms with E-state index in [9.17, 15) is 23.3 Å². The Hall–Kier alpha value is -2.98. The van der Waals surface area contributed by atoms with Crippen LogP contribution < -0.4 is 9.88 Å². The highest BCUT2D eigenvalue weighted by Gasteiger charge is 2.23. The van der Waals surface area contributed by atoms with Crippen molar-refractivity contribution < 1.29 is 22.9 Å². The third-order valence-electron chi connectivity index (χ3n) is 4.21. The fourth-order valence-corrected chi connectivity index (χ4v) is 3.02. The quantitative estimate of drug-likeness (QED) is 0.590. The first-order valence-electron chi connectivity index (χ1n) is 7.78. The van der Waals surface area contributed by atoms with Crippen molar-refractivity contribution in [3.05, 3.63) is 63.7 Å². The van der Waals surface area contributed by atoms with Crippen LogP contribution in [-0.4, -0.2) is 38.3 Å². The third-order valence-corrected chi connectivity index (χ3v) is 5.14. The number of hydrogen-bond acceptors (Lipinski definition) is 6. The molecule has 0 aromatic heterocycles. The van der Waals surface area contributed by atoms with Gasteiger partial charge in [0.25, 0.3) is 5.91 Å². The molecule has 0 spiro atoms. The van der Waals surface area contributed by atoms with Crippen LogP contribution in [-0.2, 0) is 10.0 Å². The van der Waals surface area contributed by atoms with E-state index in [1.165, 1.54) is 36.3 Å². The Kier molecular flexibility index (Phi) is 5.82. The van der Waals surface area contributed by atoms with Crippen molar-refractivity contribution in [2.24, 2.45) is 5.14 Å². The number of carbonyl (C=O) groups is 1. The van der Waals surface area contributed by atoms with Crippen LogP contribution in [0.1, 0.15) is 28.9 Å². The molecule has 0 radical (unpaired) electrons. The van der Waals surface area contributed by atoms with Gasteiger partial charge in [-0.05, 0) is 36.8 Å². The second-order valence-corrected chi connectivity index (χ2v) is 7.41. The van der Waals surface area contributed by atoms with E-state index >= 15 is 0 Å². The Labute approximate surface area is 156 Å². The van der Waals surface area contributed by atoms with E-state index in [-0.39, 0.29) is 21.9 Å². The number of primary sulfonamides is 1. The zero-order chi connectivity index (χ0) is 20.4. The maximum absolute atomic E-state index is 12.7. The fourth-order valence-electron chi connectivity index (χ4n) is 2.50. The third kappa shape index (κ3) is 4.41. The van der Waals surface area contributed by atoms with E-state index in [1.54, 1.807) is 26.1 Å². The maximum atomic E-state index is 12.7. The molecule has 9 nitrogen and oxygen atoms in total. The van der Waals surface area contributed by atoms with Crippen LogP contribution in [0.2, 0.25) is 0 Å². The summed E-state index contributed by atoms with van der Waals surface area (Å²) in [5, 5.41) is 16.2. The molecule has 10 heteroatoms. The Morgan fingerprint density at radius 2 is 1.81 bits per heavy atom. The summed E-state index contributed by atoms with van der Waals surface area (Å²) < 4.78 is 27.6. The van der Waals surface area contributed by atoms with Crippen molar-refractivity contribution in [1.82, 2.24) is 4.90 Å². The molecule has 0 aliphatic heterocycles. The second-order valence-electron chi connectivity index (χ2n) is 5.85. The first-order valence-corrected chi connectivity index (χ1v) is 9.33. The number of benzene rings is 2. The minimum Gasteiger partial charge on any atom is -0.490 e. The average Bonchev–Trinajstić information content (AvgIpc) is 2.65. The minimum absolute atomic E-state index is 0.0294. The summed E-state index contributed by atoms with van der Waals surface area (Å²) in [6, 6.07) is 9.40. The van der Waals surface area contributed by atoms with Gasteiger partial charge in [-0.3, -0.25) is 14.9 Å². The lowest BCUT2D eigenvalue weighted by Crippen LogP contribution is -2.29. The van der Waals surface area contributed by atoms with Gasteiger partial charge in [0.1, 0.15) is 0 Å². The van der Waals surface area contributed by atoms with Gasteiger partial charge < -0.3 is 9.64 Å². The molecule has 0 heterocycles. The Balaban J connectivity index is 2.28. The number of hydrogen-bond donors (Lipinski definition) is 1. The maximum Gasteiger partial charge on any atom is 0.311 e. The van der Waals surface area contributed by atoms with Gasteiger partial charge in [0.2, 0.25) is 10.0 Å². The number of nitro benzene ring substituents is 1. The Morgan fingerprint density at radius 3 is 2.30 bits per heavy atom. The van der Waals surface area contributed by atoms with E-state index in [1.807, 2.05) is 0 Å². The SMILES string of the molecule is COc1ccc(C(=O)N(C)C(C)c2ccc(S(N)(=O)=O)cc2)cc1[N+](=O)[O-]. The number of sulfonamides is 1. The van der Waals surface area contributed by atoms with Crippen LogP contribution in [0.5, 0.6) is 5.75 Å². The number of ether oxygens (including phenoxy) is 1. The van der Waals surface area contributed by atoms with Gasteiger partial charge in [0.15, 0.2) is 5.75 Å². The van der Waals surface area contributed by atoms with Gasteiger partial charge >= 0.3 is 5.69 Å². The molecule has 2 rings (SSSR count). The van der Waals surface area contributed by atoms with E-state index in [0.29, 0.717) is 5.56 Å². The molecule has 2 N–H and O–H groups in total. The van der Waals surface area contributed by atoms with Crippen LogP contribution in [0.4, 0.5) is 5.69 Å². The smallest absolute Gasteiger partial charge is 0.311 e. The molecular weight excluding hydrogens is 374 g/mol. The monoisotopic (exact) mass is 393 g/mol. The molecule has 0 aliphatic carbocycles. The van der Waals surface area contributed by atoms with Crippen LogP contribution in [0.3, 0.4) is 0 Å². The van der Waals surface area contributed by atoms with Gasteiger partial charge in [-0.25, -0.2) is 13.6 Å². The Bertz CT molecular complexity index is 973. The van der Waals surface area contributed by atoms with Gasteiger partial charge in [0.05, 0.1) is 23.0 Å². The molecule has 27 heavy (non-hydrogen) atoms. The lowest BCUT2D eigenvalue weighted by Gasteiger charge is -2.25. The average molecular weight is 393 g/mol.